The Balaban J connectivity index is 0.000000791. The summed E-state index contributed by atoms with van der Waals surface area (Å²) >= 11 is 0. The molecule has 78 valence electrons. The fourth-order valence-corrected chi connectivity index (χ4v) is 1.39. The van der Waals surface area contributed by atoms with Gasteiger partial charge in [0.2, 0.25) is 0 Å². The maximum atomic E-state index is 11.1. The first kappa shape index (κ1) is 12.6. The molecule has 14 heavy (non-hydrogen) atoms. The topological polar surface area (TPSA) is 54.5 Å². The van der Waals surface area contributed by atoms with Crippen LogP contribution in [0.2, 0.25) is 0 Å². The molecule has 0 aromatic carbocycles. The molecule has 0 spiro atoms. The summed E-state index contributed by atoms with van der Waals surface area (Å²) < 4.78 is 0. The van der Waals surface area contributed by atoms with Crippen molar-refractivity contribution in [2.75, 3.05) is 0 Å². The van der Waals surface area contributed by atoms with Crippen LogP contribution in [0.5, 0.6) is 0 Å². The van der Waals surface area contributed by atoms with Crippen LogP contribution >= 0.6 is 0 Å². The third-order valence-electron chi connectivity index (χ3n) is 1.99. The first-order valence-electron chi connectivity index (χ1n) is 4.51. The first-order chi connectivity index (χ1) is 6.66. The van der Waals surface area contributed by atoms with Gasteiger partial charge in [-0.2, -0.15) is 0 Å². The molecule has 1 heterocycles. The SMILES string of the molecule is C=O.CCCC(C)N1C(=O)C=CC1=O. The van der Waals surface area contributed by atoms with E-state index >= 15 is 0 Å². The van der Waals surface area contributed by atoms with E-state index in [9.17, 15) is 9.59 Å². The second-order valence-electron chi connectivity index (χ2n) is 3.02. The Hall–Kier alpha value is -1.45. The van der Waals surface area contributed by atoms with Crippen LogP contribution in [0.25, 0.3) is 0 Å². The van der Waals surface area contributed by atoms with Gasteiger partial charge in [0.15, 0.2) is 0 Å². The molecular formula is C10H15NO3. The number of carbonyl (C=O) groups excluding carboxylic acids is 3. The molecule has 1 atom stereocenters. The monoisotopic (exact) mass is 197 g/mol. The van der Waals surface area contributed by atoms with Crippen LogP contribution in [-0.4, -0.2) is 29.5 Å². The van der Waals surface area contributed by atoms with Gasteiger partial charge in [0.1, 0.15) is 6.79 Å². The molecule has 0 aromatic rings. The van der Waals surface area contributed by atoms with Gasteiger partial charge in [0.25, 0.3) is 11.8 Å². The molecule has 0 saturated carbocycles. The second-order valence-corrected chi connectivity index (χ2v) is 3.02. The summed E-state index contributed by atoms with van der Waals surface area (Å²) in [5.74, 6) is -0.359. The highest BCUT2D eigenvalue weighted by molar-refractivity contribution is 6.13. The zero-order valence-corrected chi connectivity index (χ0v) is 8.53. The molecular weight excluding hydrogens is 182 g/mol. The second kappa shape index (κ2) is 6.07. The lowest BCUT2D eigenvalue weighted by atomic mass is 10.2. The fourth-order valence-electron chi connectivity index (χ4n) is 1.39. The number of carbonyl (C=O) groups is 3. The summed E-state index contributed by atoms with van der Waals surface area (Å²) in [4.78, 5) is 31.5. The van der Waals surface area contributed by atoms with Crippen LogP contribution in [0.3, 0.4) is 0 Å². The Kier molecular flexibility index (Phi) is 5.44. The van der Waals surface area contributed by atoms with Gasteiger partial charge in [-0.05, 0) is 13.3 Å². The summed E-state index contributed by atoms with van der Waals surface area (Å²) in [5.41, 5.74) is 0. The van der Waals surface area contributed by atoms with Crippen LogP contribution in [0, 0.1) is 0 Å². The van der Waals surface area contributed by atoms with Gasteiger partial charge in [-0.1, -0.05) is 13.3 Å². The summed E-state index contributed by atoms with van der Waals surface area (Å²) in [5, 5.41) is 0. The average Bonchev–Trinajstić information content (AvgIpc) is 2.50. The molecule has 0 aromatic heterocycles. The van der Waals surface area contributed by atoms with Crippen molar-refractivity contribution in [1.29, 1.82) is 0 Å². The van der Waals surface area contributed by atoms with Gasteiger partial charge < -0.3 is 4.79 Å². The van der Waals surface area contributed by atoms with Gasteiger partial charge in [-0.15, -0.1) is 0 Å². The molecule has 0 N–H and O–H groups in total. The van der Waals surface area contributed by atoms with Gasteiger partial charge in [0.05, 0.1) is 0 Å². The number of hydrogen-bond acceptors (Lipinski definition) is 3. The largest absolute Gasteiger partial charge is 0.307 e. The smallest absolute Gasteiger partial charge is 0.253 e. The van der Waals surface area contributed by atoms with Gasteiger partial charge in [-0.25, -0.2) is 0 Å². The van der Waals surface area contributed by atoms with E-state index in [2.05, 4.69) is 0 Å². The third kappa shape index (κ3) is 2.80. The first-order valence-corrected chi connectivity index (χ1v) is 4.51. The van der Waals surface area contributed by atoms with Gasteiger partial charge in [0, 0.05) is 18.2 Å². The van der Waals surface area contributed by atoms with Crippen molar-refractivity contribution in [3.05, 3.63) is 12.2 Å². The van der Waals surface area contributed by atoms with Crippen molar-refractivity contribution in [3.63, 3.8) is 0 Å². The Morgan fingerprint density at radius 2 is 1.71 bits per heavy atom. The van der Waals surface area contributed by atoms with Crippen molar-refractivity contribution >= 4 is 18.6 Å². The predicted molar refractivity (Wildman–Crippen MR) is 52.5 cm³/mol. The van der Waals surface area contributed by atoms with E-state index in [-0.39, 0.29) is 17.9 Å². The van der Waals surface area contributed by atoms with Gasteiger partial charge in [-0.3, -0.25) is 14.5 Å². The Morgan fingerprint density at radius 1 is 1.29 bits per heavy atom. The fraction of sp³-hybridized carbons (Fsp3) is 0.500. The average molecular weight is 197 g/mol. The lowest BCUT2D eigenvalue weighted by Crippen LogP contribution is -2.37. The van der Waals surface area contributed by atoms with Crippen molar-refractivity contribution in [1.82, 2.24) is 4.90 Å². The minimum absolute atomic E-state index is 0.0324. The summed E-state index contributed by atoms with van der Waals surface area (Å²) in [6.07, 6.45) is 4.51. The van der Waals surface area contributed by atoms with Crippen molar-refractivity contribution in [2.45, 2.75) is 32.7 Å². The normalized spacial score (nSPS) is 16.6. The number of amides is 2. The standard InChI is InChI=1S/C9H13NO2.CH2O/c1-3-4-7(2)10-8(11)5-6-9(10)12;1-2/h5-7H,3-4H2,1-2H3;1H2. The molecule has 2 amide bonds. The molecule has 0 radical (unpaired) electrons. The van der Waals surface area contributed by atoms with Crippen molar-refractivity contribution < 1.29 is 14.4 Å². The Bertz CT molecular complexity index is 230. The molecule has 1 aliphatic rings. The molecule has 1 aliphatic heterocycles. The zero-order valence-electron chi connectivity index (χ0n) is 8.53. The van der Waals surface area contributed by atoms with E-state index in [4.69, 9.17) is 4.79 Å². The minimum Gasteiger partial charge on any atom is -0.307 e. The van der Waals surface area contributed by atoms with Crippen LogP contribution in [0.1, 0.15) is 26.7 Å². The van der Waals surface area contributed by atoms with E-state index in [1.54, 1.807) is 0 Å². The van der Waals surface area contributed by atoms with Crippen molar-refractivity contribution in [2.24, 2.45) is 0 Å². The summed E-state index contributed by atoms with van der Waals surface area (Å²) in [6, 6.07) is 0.0324. The van der Waals surface area contributed by atoms with Crippen LogP contribution in [0.4, 0.5) is 0 Å². The summed E-state index contributed by atoms with van der Waals surface area (Å²) in [7, 11) is 0. The van der Waals surface area contributed by atoms with Crippen LogP contribution < -0.4 is 0 Å². The molecule has 0 aliphatic carbocycles. The van der Waals surface area contributed by atoms with E-state index in [1.807, 2.05) is 20.6 Å². The molecule has 1 rings (SSSR count). The number of rotatable bonds is 3. The molecule has 0 saturated heterocycles. The van der Waals surface area contributed by atoms with Gasteiger partial charge >= 0.3 is 0 Å². The molecule has 0 fully saturated rings. The lowest BCUT2D eigenvalue weighted by molar-refractivity contribution is -0.139. The van der Waals surface area contributed by atoms with Crippen LogP contribution in [-0.2, 0) is 14.4 Å². The molecule has 4 nitrogen and oxygen atoms in total. The molecule has 4 heteroatoms. The Labute approximate surface area is 83.6 Å². The summed E-state index contributed by atoms with van der Waals surface area (Å²) in [6.45, 7) is 5.93. The third-order valence-corrected chi connectivity index (χ3v) is 1.99. The zero-order chi connectivity index (χ0) is 11.1. The minimum atomic E-state index is -0.180. The van der Waals surface area contributed by atoms with E-state index in [0.29, 0.717) is 0 Å². The number of hydrogen-bond donors (Lipinski definition) is 0. The molecule has 1 unspecified atom stereocenters. The maximum absolute atomic E-state index is 11.1. The van der Waals surface area contributed by atoms with Crippen LogP contribution in [0.15, 0.2) is 12.2 Å². The van der Waals surface area contributed by atoms with Crippen molar-refractivity contribution in [3.8, 4) is 0 Å². The maximum Gasteiger partial charge on any atom is 0.253 e. The lowest BCUT2D eigenvalue weighted by Gasteiger charge is -2.21. The highest BCUT2D eigenvalue weighted by Gasteiger charge is 2.27. The number of imide groups is 1. The highest BCUT2D eigenvalue weighted by Crippen LogP contribution is 2.12. The van der Waals surface area contributed by atoms with E-state index in [0.717, 1.165) is 12.8 Å². The predicted octanol–water partition coefficient (Wildman–Crippen LogP) is 0.915. The van der Waals surface area contributed by atoms with E-state index in [1.165, 1.54) is 17.1 Å². The Morgan fingerprint density at radius 3 is 2.07 bits per heavy atom. The number of nitrogens with zero attached hydrogens (tertiary/aromatic N) is 1. The quantitative estimate of drug-likeness (QED) is 0.632. The highest BCUT2D eigenvalue weighted by atomic mass is 16.2. The molecule has 0 bridgehead atoms. The van der Waals surface area contributed by atoms with E-state index < -0.39 is 0 Å².